The highest BCUT2D eigenvalue weighted by molar-refractivity contribution is 6.23. The van der Waals surface area contributed by atoms with Gasteiger partial charge in [-0.05, 0) is 29.8 Å². The second kappa shape index (κ2) is 7.81. The van der Waals surface area contributed by atoms with Crippen LogP contribution in [-0.2, 0) is 0 Å². The van der Waals surface area contributed by atoms with Crippen molar-refractivity contribution in [3.8, 4) is 5.75 Å². The predicted octanol–water partition coefficient (Wildman–Crippen LogP) is 3.74. The first-order chi connectivity index (χ1) is 17.0. The Morgan fingerprint density at radius 3 is 2.46 bits per heavy atom. The Morgan fingerprint density at radius 2 is 1.66 bits per heavy atom. The quantitative estimate of drug-likeness (QED) is 0.313. The number of rotatable bonds is 3. The third kappa shape index (κ3) is 3.31. The van der Waals surface area contributed by atoms with Crippen molar-refractivity contribution in [3.05, 3.63) is 123 Å². The van der Waals surface area contributed by atoms with Crippen LogP contribution in [0.25, 0.3) is 5.70 Å². The molecular weight excluding hydrogens is 444 g/mol. The molecule has 1 atom stereocenters. The molecule has 0 unspecified atom stereocenters. The number of carbonyl (C=O) groups excluding carboxylic acids is 2. The van der Waals surface area contributed by atoms with E-state index in [2.05, 4.69) is 15.3 Å². The zero-order valence-electron chi connectivity index (χ0n) is 18.2. The van der Waals surface area contributed by atoms with Gasteiger partial charge in [-0.2, -0.15) is 4.98 Å². The molecule has 8 heteroatoms. The molecule has 4 aromatic rings. The number of nitrogen functional groups attached to an aromatic ring is 1. The standard InChI is InChI=1S/C27H18N4O4/c28-27-30-24-21(25(33)31-27)19(20-22(29-24)17-11-4-5-12-18(17)23(20)32)15-9-6-10-16(13-15)35-26(34)14-7-2-1-3-8-14/h1-13,19H,(H4,28,29,30,31,33)/t19-/m0/s1. The maximum Gasteiger partial charge on any atom is 0.343 e. The summed E-state index contributed by atoms with van der Waals surface area (Å²) in [7, 11) is 0. The van der Waals surface area contributed by atoms with E-state index >= 15 is 0 Å². The van der Waals surface area contributed by atoms with Gasteiger partial charge in [-0.25, -0.2) is 4.79 Å². The zero-order valence-corrected chi connectivity index (χ0v) is 18.2. The number of aromatic amines is 1. The third-order valence-corrected chi connectivity index (χ3v) is 6.16. The molecule has 0 fully saturated rings. The van der Waals surface area contributed by atoms with E-state index in [0.717, 1.165) is 5.56 Å². The number of anilines is 2. The molecule has 1 aliphatic carbocycles. The summed E-state index contributed by atoms with van der Waals surface area (Å²) >= 11 is 0. The van der Waals surface area contributed by atoms with Crippen molar-refractivity contribution in [2.24, 2.45) is 0 Å². The van der Waals surface area contributed by atoms with E-state index in [-0.39, 0.29) is 23.1 Å². The number of Topliss-reactive ketones (excluding diaryl/α,β-unsaturated/α-hetero) is 1. The molecule has 35 heavy (non-hydrogen) atoms. The molecule has 170 valence electrons. The highest BCUT2D eigenvalue weighted by atomic mass is 16.5. The Morgan fingerprint density at radius 1 is 0.914 bits per heavy atom. The number of fused-ring (bicyclic) bond motifs is 3. The summed E-state index contributed by atoms with van der Waals surface area (Å²) in [5.41, 5.74) is 8.94. The summed E-state index contributed by atoms with van der Waals surface area (Å²) in [6.45, 7) is 0. The molecule has 1 aliphatic heterocycles. The van der Waals surface area contributed by atoms with Gasteiger partial charge in [0.1, 0.15) is 11.6 Å². The maximum atomic E-state index is 13.5. The molecule has 6 rings (SSSR count). The number of aromatic nitrogens is 2. The topological polar surface area (TPSA) is 127 Å². The normalized spacial score (nSPS) is 15.7. The fourth-order valence-corrected chi connectivity index (χ4v) is 4.67. The second-order valence-corrected chi connectivity index (χ2v) is 8.26. The fourth-order valence-electron chi connectivity index (χ4n) is 4.67. The number of carbonyl (C=O) groups is 2. The number of H-pyrrole nitrogens is 1. The Bertz CT molecular complexity index is 1620. The summed E-state index contributed by atoms with van der Waals surface area (Å²) < 4.78 is 5.59. The zero-order chi connectivity index (χ0) is 24.1. The number of esters is 1. The van der Waals surface area contributed by atoms with Crippen LogP contribution in [-0.4, -0.2) is 21.7 Å². The van der Waals surface area contributed by atoms with Crippen LogP contribution in [0, 0.1) is 0 Å². The second-order valence-electron chi connectivity index (χ2n) is 8.26. The molecule has 0 saturated heterocycles. The number of allylic oxidation sites excluding steroid dienone is 1. The van der Waals surface area contributed by atoms with Gasteiger partial charge < -0.3 is 15.8 Å². The minimum atomic E-state index is -0.742. The molecule has 2 heterocycles. The highest BCUT2D eigenvalue weighted by Gasteiger charge is 2.42. The molecule has 0 saturated carbocycles. The number of hydrogen-bond donors (Lipinski definition) is 3. The Labute approximate surface area is 199 Å². The van der Waals surface area contributed by atoms with Gasteiger partial charge in [0.15, 0.2) is 5.78 Å². The molecule has 2 aliphatic rings. The molecule has 1 aromatic heterocycles. The molecule has 8 nitrogen and oxygen atoms in total. The average Bonchev–Trinajstić information content (AvgIpc) is 3.15. The van der Waals surface area contributed by atoms with E-state index in [1.54, 1.807) is 60.7 Å². The first-order valence-corrected chi connectivity index (χ1v) is 10.9. The SMILES string of the molecule is Nc1nc2c(c(=O)[nH]1)[C@@H](c1cccc(OC(=O)c3ccccc3)c1)C1=C(N2)c2ccccc2C1=O. The van der Waals surface area contributed by atoms with Gasteiger partial charge in [-0.3, -0.25) is 14.6 Å². The van der Waals surface area contributed by atoms with Crippen molar-refractivity contribution < 1.29 is 14.3 Å². The number of hydrogen-bond acceptors (Lipinski definition) is 7. The van der Waals surface area contributed by atoms with Crippen molar-refractivity contribution in [3.63, 3.8) is 0 Å². The molecular formula is C27H18N4O4. The van der Waals surface area contributed by atoms with Crippen LogP contribution in [0.5, 0.6) is 5.75 Å². The minimum Gasteiger partial charge on any atom is -0.423 e. The molecule has 0 amide bonds. The van der Waals surface area contributed by atoms with Crippen molar-refractivity contribution in [1.82, 2.24) is 9.97 Å². The summed E-state index contributed by atoms with van der Waals surface area (Å²) in [5, 5.41) is 3.16. The average molecular weight is 462 g/mol. The third-order valence-electron chi connectivity index (χ3n) is 6.16. The smallest absolute Gasteiger partial charge is 0.343 e. The van der Waals surface area contributed by atoms with Gasteiger partial charge in [0.2, 0.25) is 5.95 Å². The highest BCUT2D eigenvalue weighted by Crippen LogP contribution is 2.48. The van der Waals surface area contributed by atoms with E-state index in [1.807, 2.05) is 18.2 Å². The van der Waals surface area contributed by atoms with Gasteiger partial charge in [-0.1, -0.05) is 54.6 Å². The van der Waals surface area contributed by atoms with Crippen molar-refractivity contribution in [2.45, 2.75) is 5.92 Å². The number of nitrogens with two attached hydrogens (primary N) is 1. The molecule has 3 aromatic carbocycles. The van der Waals surface area contributed by atoms with Crippen LogP contribution < -0.4 is 21.3 Å². The lowest BCUT2D eigenvalue weighted by Gasteiger charge is -2.27. The van der Waals surface area contributed by atoms with Crippen LogP contribution in [0.2, 0.25) is 0 Å². The van der Waals surface area contributed by atoms with E-state index < -0.39 is 17.4 Å². The fraction of sp³-hybridized carbons (Fsp3) is 0.0370. The van der Waals surface area contributed by atoms with Crippen LogP contribution in [0.15, 0.2) is 89.2 Å². The Kier molecular flexibility index (Phi) is 4.60. The Balaban J connectivity index is 1.49. The van der Waals surface area contributed by atoms with Gasteiger partial charge in [0.25, 0.3) is 5.56 Å². The lowest BCUT2D eigenvalue weighted by Crippen LogP contribution is -2.28. The van der Waals surface area contributed by atoms with Crippen molar-refractivity contribution in [1.29, 1.82) is 0 Å². The summed E-state index contributed by atoms with van der Waals surface area (Å²) in [6, 6.07) is 22.7. The molecule has 0 radical (unpaired) electrons. The number of ether oxygens (including phenoxy) is 1. The minimum absolute atomic E-state index is 0.0350. The number of benzene rings is 3. The lowest BCUT2D eigenvalue weighted by atomic mass is 9.81. The van der Waals surface area contributed by atoms with Gasteiger partial charge in [0, 0.05) is 22.6 Å². The van der Waals surface area contributed by atoms with E-state index in [4.69, 9.17) is 10.5 Å². The monoisotopic (exact) mass is 462 g/mol. The number of ketones is 1. The maximum absolute atomic E-state index is 13.5. The summed E-state index contributed by atoms with van der Waals surface area (Å²) in [4.78, 5) is 46.0. The Hall–Kier alpha value is -4.98. The predicted molar refractivity (Wildman–Crippen MR) is 130 cm³/mol. The lowest BCUT2D eigenvalue weighted by molar-refractivity contribution is 0.0734. The van der Waals surface area contributed by atoms with Crippen LogP contribution in [0.4, 0.5) is 11.8 Å². The van der Waals surface area contributed by atoms with Crippen molar-refractivity contribution >= 4 is 29.2 Å². The van der Waals surface area contributed by atoms with E-state index in [0.29, 0.717) is 33.7 Å². The summed E-state index contributed by atoms with van der Waals surface area (Å²) in [6.07, 6.45) is 0. The van der Waals surface area contributed by atoms with E-state index in [9.17, 15) is 14.4 Å². The van der Waals surface area contributed by atoms with E-state index in [1.165, 1.54) is 0 Å². The van der Waals surface area contributed by atoms with Crippen LogP contribution in [0.1, 0.15) is 43.3 Å². The van der Waals surface area contributed by atoms with Crippen LogP contribution in [0.3, 0.4) is 0 Å². The number of nitrogens with one attached hydrogen (secondary N) is 2. The van der Waals surface area contributed by atoms with Crippen molar-refractivity contribution in [2.75, 3.05) is 11.1 Å². The van der Waals surface area contributed by atoms with Gasteiger partial charge >= 0.3 is 5.97 Å². The summed E-state index contributed by atoms with van der Waals surface area (Å²) in [5.74, 6) is -0.889. The molecule has 0 spiro atoms. The molecule has 4 N–H and O–H groups in total. The molecule has 0 bridgehead atoms. The largest absolute Gasteiger partial charge is 0.423 e. The van der Waals surface area contributed by atoms with Gasteiger partial charge in [0.05, 0.1) is 16.8 Å². The van der Waals surface area contributed by atoms with Crippen LogP contribution >= 0.6 is 0 Å². The first-order valence-electron chi connectivity index (χ1n) is 10.9. The van der Waals surface area contributed by atoms with Gasteiger partial charge in [-0.15, -0.1) is 0 Å². The first kappa shape index (κ1) is 20.6. The number of nitrogens with zero attached hydrogens (tertiary/aromatic N) is 1.